The lowest BCUT2D eigenvalue weighted by Gasteiger charge is -2.15. The molecule has 0 saturated heterocycles. The van der Waals surface area contributed by atoms with Crippen LogP contribution in [0.5, 0.6) is 5.75 Å². The highest BCUT2D eigenvalue weighted by Crippen LogP contribution is 2.30. The molecule has 3 rings (SSSR count). The lowest BCUT2D eigenvalue weighted by atomic mass is 10.00. The quantitative estimate of drug-likeness (QED) is 0.914. The normalized spacial score (nSPS) is 18.5. The van der Waals surface area contributed by atoms with E-state index in [0.717, 1.165) is 37.3 Å². The second-order valence-electron chi connectivity index (χ2n) is 5.08. The largest absolute Gasteiger partial charge is 0.493 e. The molecule has 0 radical (unpaired) electrons. The number of benzene rings is 1. The molecule has 1 aromatic rings. The summed E-state index contributed by atoms with van der Waals surface area (Å²) in [7, 11) is 0. The third-order valence-corrected chi connectivity index (χ3v) is 3.53. The highest BCUT2D eigenvalue weighted by Gasteiger charge is 2.22. The summed E-state index contributed by atoms with van der Waals surface area (Å²) in [5.41, 5.74) is 1.82. The van der Waals surface area contributed by atoms with Gasteiger partial charge in [-0.15, -0.1) is 12.4 Å². The summed E-state index contributed by atoms with van der Waals surface area (Å²) in [4.78, 5) is 0. The van der Waals surface area contributed by atoms with Gasteiger partial charge < -0.3 is 10.1 Å². The Kier molecular flexibility index (Phi) is 4.83. The molecule has 1 aliphatic heterocycles. The zero-order valence-electron chi connectivity index (χ0n) is 10.8. The Morgan fingerprint density at radius 1 is 1.32 bits per heavy atom. The summed E-state index contributed by atoms with van der Waals surface area (Å²) in [5, 5.41) is 3.23. The van der Waals surface area contributed by atoms with Crippen LogP contribution in [0.25, 0.3) is 5.57 Å². The van der Waals surface area contributed by atoms with Crippen molar-refractivity contribution >= 4 is 18.0 Å². The van der Waals surface area contributed by atoms with Crippen molar-refractivity contribution in [2.24, 2.45) is 5.92 Å². The van der Waals surface area contributed by atoms with E-state index < -0.39 is 0 Å². The summed E-state index contributed by atoms with van der Waals surface area (Å²) in [6, 6.07) is 5.24. The molecule has 0 aromatic heterocycles. The van der Waals surface area contributed by atoms with Crippen LogP contribution in [-0.2, 0) is 0 Å². The fraction of sp³-hybridized carbons (Fsp3) is 0.467. The molecule has 0 bridgehead atoms. The van der Waals surface area contributed by atoms with Gasteiger partial charge >= 0.3 is 0 Å². The van der Waals surface area contributed by atoms with Crippen LogP contribution < -0.4 is 10.1 Å². The van der Waals surface area contributed by atoms with Crippen LogP contribution in [0.4, 0.5) is 4.39 Å². The molecule has 0 unspecified atom stereocenters. The van der Waals surface area contributed by atoms with Crippen molar-refractivity contribution < 1.29 is 9.13 Å². The van der Waals surface area contributed by atoms with Gasteiger partial charge in [0.15, 0.2) is 0 Å². The number of hydrogen-bond acceptors (Lipinski definition) is 2. The van der Waals surface area contributed by atoms with Crippen molar-refractivity contribution in [3.63, 3.8) is 0 Å². The molecule has 4 heteroatoms. The number of halogens is 2. The van der Waals surface area contributed by atoms with Crippen molar-refractivity contribution in [1.29, 1.82) is 0 Å². The maximum absolute atomic E-state index is 14.0. The lowest BCUT2D eigenvalue weighted by Crippen LogP contribution is -2.20. The summed E-state index contributed by atoms with van der Waals surface area (Å²) in [6.45, 7) is 2.48. The third kappa shape index (κ3) is 3.71. The third-order valence-electron chi connectivity index (χ3n) is 3.53. The van der Waals surface area contributed by atoms with E-state index in [-0.39, 0.29) is 18.2 Å². The number of rotatable bonds is 4. The number of ether oxygens (including phenoxy) is 1. The fourth-order valence-corrected chi connectivity index (χ4v) is 2.21. The molecular formula is C15H19ClFNO. The predicted octanol–water partition coefficient (Wildman–Crippen LogP) is 3.41. The highest BCUT2D eigenvalue weighted by molar-refractivity contribution is 5.85. The molecule has 0 atom stereocenters. The second kappa shape index (κ2) is 6.40. The van der Waals surface area contributed by atoms with E-state index in [2.05, 4.69) is 11.4 Å². The molecule has 1 fully saturated rings. The van der Waals surface area contributed by atoms with Gasteiger partial charge in [-0.25, -0.2) is 4.39 Å². The van der Waals surface area contributed by atoms with Crippen molar-refractivity contribution in [3.05, 3.63) is 35.7 Å². The molecule has 1 N–H and O–H groups in total. The molecule has 0 spiro atoms. The minimum absolute atomic E-state index is 0. The first-order chi connectivity index (χ1) is 8.83. The van der Waals surface area contributed by atoms with E-state index >= 15 is 0 Å². The predicted molar refractivity (Wildman–Crippen MR) is 77.3 cm³/mol. The minimum Gasteiger partial charge on any atom is -0.493 e. The standard InChI is InChI=1S/C15H18FNO.ClH/c16-15-9-13(18-10-11-1-2-11)3-4-14(15)12-5-7-17-8-6-12;/h3-5,9,11,17H,1-2,6-8,10H2;1H. The van der Waals surface area contributed by atoms with Crippen LogP contribution >= 0.6 is 12.4 Å². The van der Waals surface area contributed by atoms with Gasteiger partial charge in [-0.1, -0.05) is 6.08 Å². The monoisotopic (exact) mass is 283 g/mol. The summed E-state index contributed by atoms with van der Waals surface area (Å²) in [6.07, 6.45) is 5.45. The lowest BCUT2D eigenvalue weighted by molar-refractivity contribution is 0.298. The molecule has 2 nitrogen and oxygen atoms in total. The molecule has 19 heavy (non-hydrogen) atoms. The first kappa shape index (κ1) is 14.4. The molecule has 1 saturated carbocycles. The second-order valence-corrected chi connectivity index (χ2v) is 5.08. The van der Waals surface area contributed by atoms with E-state index in [9.17, 15) is 4.39 Å². The van der Waals surface area contributed by atoms with E-state index in [1.54, 1.807) is 0 Å². The van der Waals surface area contributed by atoms with E-state index in [1.807, 2.05) is 12.1 Å². The minimum atomic E-state index is -0.170. The van der Waals surface area contributed by atoms with Crippen molar-refractivity contribution in [3.8, 4) is 5.75 Å². The molecular weight excluding hydrogens is 265 g/mol. The first-order valence-electron chi connectivity index (χ1n) is 6.65. The average molecular weight is 284 g/mol. The van der Waals surface area contributed by atoms with E-state index in [0.29, 0.717) is 11.7 Å². The van der Waals surface area contributed by atoms with Crippen LogP contribution in [0.15, 0.2) is 24.3 Å². The molecule has 104 valence electrons. The van der Waals surface area contributed by atoms with Crippen LogP contribution in [0.2, 0.25) is 0 Å². The van der Waals surface area contributed by atoms with Crippen molar-refractivity contribution in [2.45, 2.75) is 19.3 Å². The Morgan fingerprint density at radius 3 is 2.79 bits per heavy atom. The Morgan fingerprint density at radius 2 is 2.16 bits per heavy atom. The Balaban J connectivity index is 0.00000133. The van der Waals surface area contributed by atoms with Gasteiger partial charge in [0.25, 0.3) is 0 Å². The Labute approximate surface area is 119 Å². The number of hydrogen-bond donors (Lipinski definition) is 1. The van der Waals surface area contributed by atoms with Crippen molar-refractivity contribution in [2.75, 3.05) is 19.7 Å². The summed E-state index contributed by atoms with van der Waals surface area (Å²) >= 11 is 0. The molecule has 1 heterocycles. The number of nitrogens with one attached hydrogen (secondary N) is 1. The Bertz CT molecular complexity index is 471. The molecule has 1 aliphatic carbocycles. The van der Waals surface area contributed by atoms with Gasteiger partial charge in [0.1, 0.15) is 11.6 Å². The van der Waals surface area contributed by atoms with Gasteiger partial charge in [-0.05, 0) is 49.4 Å². The summed E-state index contributed by atoms with van der Waals surface area (Å²) in [5.74, 6) is 1.17. The van der Waals surface area contributed by atoms with Gasteiger partial charge in [-0.3, -0.25) is 0 Å². The zero-order chi connectivity index (χ0) is 12.4. The topological polar surface area (TPSA) is 21.3 Å². The zero-order valence-corrected chi connectivity index (χ0v) is 11.6. The molecule has 2 aliphatic rings. The highest BCUT2D eigenvalue weighted by atomic mass is 35.5. The van der Waals surface area contributed by atoms with Gasteiger partial charge in [-0.2, -0.15) is 0 Å². The first-order valence-corrected chi connectivity index (χ1v) is 6.65. The molecule has 0 amide bonds. The van der Waals surface area contributed by atoms with Gasteiger partial charge in [0.2, 0.25) is 0 Å². The summed E-state index contributed by atoms with van der Waals surface area (Å²) < 4.78 is 19.6. The Hall–Kier alpha value is -1.06. The van der Waals surface area contributed by atoms with Crippen LogP contribution in [0.3, 0.4) is 0 Å². The SMILES string of the molecule is Cl.Fc1cc(OCC2CC2)ccc1C1=CCNCC1. The van der Waals surface area contributed by atoms with E-state index in [1.165, 1.54) is 18.9 Å². The van der Waals surface area contributed by atoms with Crippen molar-refractivity contribution in [1.82, 2.24) is 5.32 Å². The van der Waals surface area contributed by atoms with Crippen LogP contribution in [-0.4, -0.2) is 19.7 Å². The van der Waals surface area contributed by atoms with E-state index in [4.69, 9.17) is 4.74 Å². The van der Waals surface area contributed by atoms with Crippen LogP contribution in [0, 0.1) is 11.7 Å². The fourth-order valence-electron chi connectivity index (χ4n) is 2.21. The van der Waals surface area contributed by atoms with Crippen LogP contribution in [0.1, 0.15) is 24.8 Å². The smallest absolute Gasteiger partial charge is 0.134 e. The van der Waals surface area contributed by atoms with Gasteiger partial charge in [0, 0.05) is 18.2 Å². The maximum atomic E-state index is 14.0. The average Bonchev–Trinajstić information content (AvgIpc) is 3.21. The maximum Gasteiger partial charge on any atom is 0.134 e. The molecule has 1 aromatic carbocycles. The van der Waals surface area contributed by atoms with Gasteiger partial charge in [0.05, 0.1) is 6.61 Å².